The third kappa shape index (κ3) is 4.62. The molecule has 46 heavy (non-hydrogen) atoms. The molecule has 2 bridgehead atoms. The molecule has 2 unspecified atom stereocenters. The third-order valence-corrected chi connectivity index (χ3v) is 10.1. The molecule has 12 heteroatoms. The van der Waals surface area contributed by atoms with Gasteiger partial charge in [0, 0.05) is 49.1 Å². The van der Waals surface area contributed by atoms with Crippen molar-refractivity contribution < 1.29 is 27.4 Å². The molecular weight excluding hydrogens is 600 g/mol. The smallest absolute Gasteiger partial charge is 0.319 e. The zero-order valence-electron chi connectivity index (χ0n) is 25.0. The number of alkyl halides is 2. The van der Waals surface area contributed by atoms with Crippen molar-refractivity contribution in [3.63, 3.8) is 0 Å². The van der Waals surface area contributed by atoms with E-state index in [0.717, 1.165) is 32.2 Å². The van der Waals surface area contributed by atoms with Crippen LogP contribution in [0.15, 0.2) is 24.3 Å². The van der Waals surface area contributed by atoms with Crippen molar-refractivity contribution in [2.75, 3.05) is 37.7 Å². The number of fused-ring (bicyclic) bond motifs is 5. The molecule has 8 nitrogen and oxygen atoms in total. The predicted octanol–water partition coefficient (Wildman–Crippen LogP) is 5.18. The van der Waals surface area contributed by atoms with Crippen LogP contribution >= 0.6 is 0 Å². The van der Waals surface area contributed by atoms with Crippen molar-refractivity contribution in [2.45, 2.75) is 62.6 Å². The molecule has 4 saturated heterocycles. The lowest BCUT2D eigenvalue weighted by Gasteiger charge is -2.35. The Morgan fingerprint density at radius 1 is 1.09 bits per heavy atom. The van der Waals surface area contributed by atoms with E-state index in [2.05, 4.69) is 26.1 Å². The van der Waals surface area contributed by atoms with Crippen LogP contribution in [0.5, 0.6) is 11.8 Å². The molecule has 0 amide bonds. The Morgan fingerprint density at radius 2 is 1.89 bits per heavy atom. The van der Waals surface area contributed by atoms with Gasteiger partial charge in [0.15, 0.2) is 5.82 Å². The number of aromatic hydroxyl groups is 1. The molecule has 2 N–H and O–H groups in total. The maximum atomic E-state index is 16.9. The molecule has 0 spiro atoms. The van der Waals surface area contributed by atoms with Crippen molar-refractivity contribution in [3.8, 4) is 35.4 Å². The highest BCUT2D eigenvalue weighted by Gasteiger charge is 2.49. The van der Waals surface area contributed by atoms with Crippen LogP contribution in [0.4, 0.5) is 23.4 Å². The molecule has 238 valence electrons. The third-order valence-electron chi connectivity index (χ3n) is 10.1. The number of phenolic OH excluding ortho intramolecular Hbond substituents is 1. The minimum absolute atomic E-state index is 0.000160. The largest absolute Gasteiger partial charge is 0.508 e. The number of ether oxygens (including phenoxy) is 1. The number of piperazine rings is 1. The highest BCUT2D eigenvalue weighted by atomic mass is 19.1. The van der Waals surface area contributed by atoms with Gasteiger partial charge in [-0.25, -0.2) is 22.5 Å². The lowest BCUT2D eigenvalue weighted by Crippen LogP contribution is -2.51. The summed E-state index contributed by atoms with van der Waals surface area (Å²) in [6, 6.07) is 5.50. The van der Waals surface area contributed by atoms with Crippen LogP contribution in [0.2, 0.25) is 0 Å². The summed E-state index contributed by atoms with van der Waals surface area (Å²) in [5.74, 6) is 0.792. The summed E-state index contributed by atoms with van der Waals surface area (Å²) in [4.78, 5) is 17.7. The van der Waals surface area contributed by atoms with E-state index in [0.29, 0.717) is 37.3 Å². The summed E-state index contributed by atoms with van der Waals surface area (Å²) < 4.78 is 67.4. The Kier molecular flexibility index (Phi) is 6.95. The Bertz CT molecular complexity index is 1920. The first kappa shape index (κ1) is 29.2. The highest BCUT2D eigenvalue weighted by molar-refractivity contribution is 6.03. The second-order valence-electron chi connectivity index (χ2n) is 13.0. The van der Waals surface area contributed by atoms with Crippen LogP contribution in [-0.4, -0.2) is 81.5 Å². The average Bonchev–Trinajstić information content (AvgIpc) is 3.70. The van der Waals surface area contributed by atoms with Crippen LogP contribution in [-0.2, 0) is 6.67 Å². The summed E-state index contributed by atoms with van der Waals surface area (Å²) in [6.45, 7) is 1.32. The molecule has 4 aliphatic heterocycles. The first-order valence-electron chi connectivity index (χ1n) is 15.7. The fourth-order valence-electron chi connectivity index (χ4n) is 8.14. The zero-order chi connectivity index (χ0) is 31.7. The fraction of sp³-hybridized carbons (Fsp3) is 0.441. The van der Waals surface area contributed by atoms with Crippen molar-refractivity contribution >= 4 is 27.5 Å². The number of hydrogen-bond donors (Lipinski definition) is 2. The van der Waals surface area contributed by atoms with E-state index in [1.165, 1.54) is 24.3 Å². The number of nitrogens with zero attached hydrogens (tertiary/aromatic N) is 5. The zero-order valence-corrected chi connectivity index (χ0v) is 25.0. The first-order valence-corrected chi connectivity index (χ1v) is 15.7. The van der Waals surface area contributed by atoms with E-state index in [1.54, 1.807) is 0 Å². The topological polar surface area (TPSA) is 86.6 Å². The molecule has 4 atom stereocenters. The van der Waals surface area contributed by atoms with Gasteiger partial charge < -0.3 is 20.1 Å². The van der Waals surface area contributed by atoms with E-state index >= 15 is 4.39 Å². The van der Waals surface area contributed by atoms with Gasteiger partial charge in [0.05, 0.1) is 22.2 Å². The molecule has 0 saturated carbocycles. The molecule has 4 fully saturated rings. The van der Waals surface area contributed by atoms with Gasteiger partial charge >= 0.3 is 6.01 Å². The van der Waals surface area contributed by atoms with Crippen molar-refractivity contribution in [1.82, 2.24) is 25.2 Å². The summed E-state index contributed by atoms with van der Waals surface area (Å²) in [5, 5.41) is 14.8. The monoisotopic (exact) mass is 632 g/mol. The molecule has 2 aromatic heterocycles. The lowest BCUT2D eigenvalue weighted by molar-refractivity contribution is 0.107. The van der Waals surface area contributed by atoms with Crippen LogP contribution in [0.25, 0.3) is 32.9 Å². The average molecular weight is 633 g/mol. The number of hydrogen-bond acceptors (Lipinski definition) is 8. The summed E-state index contributed by atoms with van der Waals surface area (Å²) in [6.07, 6.45) is 8.68. The Labute approximate surface area is 262 Å². The number of aromatic nitrogens is 3. The fourth-order valence-corrected chi connectivity index (χ4v) is 8.14. The van der Waals surface area contributed by atoms with Gasteiger partial charge in [-0.3, -0.25) is 4.90 Å². The molecule has 4 aliphatic rings. The van der Waals surface area contributed by atoms with Gasteiger partial charge in [-0.05, 0) is 55.8 Å². The van der Waals surface area contributed by atoms with Crippen molar-refractivity contribution in [2.24, 2.45) is 0 Å². The maximum absolute atomic E-state index is 16.9. The SMILES string of the molecule is C#Cc1c(F)ccc2cc(O)cc(-c3nc(CF)c4c(N5CC6CCC(C5)N6)nc(OC[C@@]56CCCN5C[C@H](F)C6)nc4c3F)c12. The molecule has 2 aromatic carbocycles. The van der Waals surface area contributed by atoms with Gasteiger partial charge in [0.25, 0.3) is 0 Å². The molecule has 4 aromatic rings. The van der Waals surface area contributed by atoms with E-state index < -0.39 is 30.0 Å². The van der Waals surface area contributed by atoms with E-state index in [9.17, 15) is 18.3 Å². The Morgan fingerprint density at radius 3 is 2.65 bits per heavy atom. The highest BCUT2D eigenvalue weighted by Crippen LogP contribution is 2.43. The number of anilines is 1. The number of terminal acetylenes is 1. The van der Waals surface area contributed by atoms with Crippen LogP contribution in [0.3, 0.4) is 0 Å². The standard InChI is InChI=1S/C34H32F4N6O2/c1-2-23-25(37)7-4-18-10-22(45)11-24(27(18)23)30-29(38)31-28(26(13-35)40-30)32(43-15-20-5-6-21(16-43)39-20)42-33(41-31)46-17-34-8-3-9-44(34)14-19(36)12-34/h1,4,7,10-11,19-21,39,45H,3,5-6,8-9,12-17H2/t19-,20?,21?,34+/m1/s1. The second kappa shape index (κ2) is 11.0. The number of halogens is 4. The predicted molar refractivity (Wildman–Crippen MR) is 165 cm³/mol. The number of nitrogens with one attached hydrogen (secondary N) is 1. The summed E-state index contributed by atoms with van der Waals surface area (Å²) >= 11 is 0. The number of pyridine rings is 1. The lowest BCUT2D eigenvalue weighted by atomic mass is 9.95. The molecule has 8 rings (SSSR count). The van der Waals surface area contributed by atoms with E-state index in [1.807, 2.05) is 4.90 Å². The minimum Gasteiger partial charge on any atom is -0.508 e. The van der Waals surface area contributed by atoms with Gasteiger partial charge in [0.1, 0.15) is 48.0 Å². The number of benzene rings is 2. The molecule has 6 heterocycles. The Hall–Kier alpha value is -4.21. The van der Waals surface area contributed by atoms with Crippen LogP contribution < -0.4 is 15.0 Å². The van der Waals surface area contributed by atoms with Gasteiger partial charge in [-0.1, -0.05) is 12.0 Å². The normalized spacial score (nSPS) is 25.8. The molecule has 0 radical (unpaired) electrons. The van der Waals surface area contributed by atoms with Crippen LogP contribution in [0, 0.1) is 24.0 Å². The summed E-state index contributed by atoms with van der Waals surface area (Å²) in [7, 11) is 0. The second-order valence-corrected chi connectivity index (χ2v) is 13.0. The first-order chi connectivity index (χ1) is 22.3. The van der Waals surface area contributed by atoms with Crippen LogP contribution in [0.1, 0.15) is 43.4 Å². The van der Waals surface area contributed by atoms with Gasteiger partial charge in [-0.2, -0.15) is 9.97 Å². The van der Waals surface area contributed by atoms with Gasteiger partial charge in [-0.15, -0.1) is 6.42 Å². The minimum atomic E-state index is -1.07. The maximum Gasteiger partial charge on any atom is 0.319 e. The van der Waals surface area contributed by atoms with Crippen molar-refractivity contribution in [3.05, 3.63) is 47.2 Å². The number of phenols is 1. The van der Waals surface area contributed by atoms with E-state index in [-0.39, 0.29) is 69.3 Å². The Balaban J connectivity index is 1.32. The van der Waals surface area contributed by atoms with E-state index in [4.69, 9.17) is 16.1 Å². The molecular formula is C34H32F4N6O2. The summed E-state index contributed by atoms with van der Waals surface area (Å²) in [5.41, 5.74) is -1.29. The van der Waals surface area contributed by atoms with Crippen molar-refractivity contribution in [1.29, 1.82) is 0 Å². The number of rotatable bonds is 6. The van der Waals surface area contributed by atoms with Gasteiger partial charge in [0.2, 0.25) is 0 Å². The quantitative estimate of drug-likeness (QED) is 0.223. The molecule has 0 aliphatic carbocycles.